The van der Waals surface area contributed by atoms with E-state index in [1.54, 1.807) is 6.07 Å². The van der Waals surface area contributed by atoms with Gasteiger partial charge in [0.15, 0.2) is 5.84 Å². The fourth-order valence-corrected chi connectivity index (χ4v) is 3.14. The van der Waals surface area contributed by atoms with Crippen molar-refractivity contribution >= 4 is 23.1 Å². The molecule has 1 heterocycles. The lowest BCUT2D eigenvalue weighted by Crippen LogP contribution is -2.38. The Balaban J connectivity index is 2.26. The third-order valence-electron chi connectivity index (χ3n) is 3.56. The van der Waals surface area contributed by atoms with Crippen molar-refractivity contribution < 1.29 is 5.21 Å². The molecule has 104 valence electrons. The summed E-state index contributed by atoms with van der Waals surface area (Å²) in [6.07, 6.45) is 1.26. The van der Waals surface area contributed by atoms with Crippen molar-refractivity contribution in [2.24, 2.45) is 22.7 Å². The van der Waals surface area contributed by atoms with Gasteiger partial charge in [0.05, 0.1) is 10.7 Å². The molecule has 3 N–H and O–H groups in total. The van der Waals surface area contributed by atoms with Gasteiger partial charge in [0.2, 0.25) is 0 Å². The van der Waals surface area contributed by atoms with Gasteiger partial charge < -0.3 is 15.8 Å². The van der Waals surface area contributed by atoms with Gasteiger partial charge >= 0.3 is 0 Å². The highest BCUT2D eigenvalue weighted by atomic mass is 35.5. The van der Waals surface area contributed by atoms with Gasteiger partial charge in [-0.3, -0.25) is 0 Å². The molecule has 0 saturated carbocycles. The molecule has 1 aromatic carbocycles. The Morgan fingerprint density at radius 1 is 1.37 bits per heavy atom. The van der Waals surface area contributed by atoms with Crippen LogP contribution in [0.3, 0.4) is 0 Å². The number of hydrogen-bond donors (Lipinski definition) is 2. The number of hydrogen-bond acceptors (Lipinski definition) is 3. The van der Waals surface area contributed by atoms with E-state index in [1.807, 2.05) is 12.1 Å². The summed E-state index contributed by atoms with van der Waals surface area (Å²) in [6, 6.07) is 5.52. The van der Waals surface area contributed by atoms with Gasteiger partial charge in [-0.2, -0.15) is 0 Å². The highest BCUT2D eigenvalue weighted by Crippen LogP contribution is 2.32. The maximum atomic E-state index is 8.68. The van der Waals surface area contributed by atoms with E-state index in [1.165, 1.54) is 6.42 Å². The van der Waals surface area contributed by atoms with Gasteiger partial charge in [-0.05, 0) is 36.5 Å². The lowest BCUT2D eigenvalue weighted by Gasteiger charge is -2.37. The summed E-state index contributed by atoms with van der Waals surface area (Å²) in [7, 11) is 0. The molecule has 1 aromatic rings. The molecular formula is C14H20ClN3O. The Labute approximate surface area is 118 Å². The molecule has 0 amide bonds. The van der Waals surface area contributed by atoms with E-state index < -0.39 is 0 Å². The quantitative estimate of drug-likeness (QED) is 0.379. The van der Waals surface area contributed by atoms with Crippen LogP contribution >= 0.6 is 11.6 Å². The topological polar surface area (TPSA) is 61.8 Å². The summed E-state index contributed by atoms with van der Waals surface area (Å²) in [5, 5.41) is 12.3. The number of amidine groups is 1. The molecule has 1 aliphatic heterocycles. The van der Waals surface area contributed by atoms with Crippen LogP contribution in [-0.4, -0.2) is 24.1 Å². The van der Waals surface area contributed by atoms with Crippen LogP contribution in [0.2, 0.25) is 5.02 Å². The maximum Gasteiger partial charge on any atom is 0.170 e. The van der Waals surface area contributed by atoms with Gasteiger partial charge in [0.1, 0.15) is 0 Å². The number of oxime groups is 1. The number of rotatable bonds is 2. The second-order valence-electron chi connectivity index (χ2n) is 5.50. The van der Waals surface area contributed by atoms with E-state index in [0.717, 1.165) is 18.8 Å². The van der Waals surface area contributed by atoms with E-state index in [4.69, 9.17) is 22.5 Å². The van der Waals surface area contributed by atoms with Crippen LogP contribution in [0.5, 0.6) is 0 Å². The van der Waals surface area contributed by atoms with Crippen molar-refractivity contribution in [3.8, 4) is 0 Å². The molecule has 0 spiro atoms. The second kappa shape index (κ2) is 5.70. The first kappa shape index (κ1) is 14.0. The second-order valence-corrected chi connectivity index (χ2v) is 5.91. The van der Waals surface area contributed by atoms with Gasteiger partial charge in [-0.15, -0.1) is 0 Å². The smallest absolute Gasteiger partial charge is 0.170 e. The molecule has 0 bridgehead atoms. The summed E-state index contributed by atoms with van der Waals surface area (Å²) in [4.78, 5) is 2.32. The van der Waals surface area contributed by atoms with E-state index in [2.05, 4.69) is 23.9 Å². The maximum absolute atomic E-state index is 8.68. The molecule has 0 radical (unpaired) electrons. The molecule has 2 unspecified atom stereocenters. The van der Waals surface area contributed by atoms with Crippen LogP contribution in [0.25, 0.3) is 0 Å². The predicted molar refractivity (Wildman–Crippen MR) is 79.1 cm³/mol. The largest absolute Gasteiger partial charge is 0.409 e. The molecular weight excluding hydrogens is 262 g/mol. The molecule has 2 atom stereocenters. The molecule has 19 heavy (non-hydrogen) atoms. The van der Waals surface area contributed by atoms with Crippen molar-refractivity contribution in [2.45, 2.75) is 20.3 Å². The van der Waals surface area contributed by atoms with Crippen molar-refractivity contribution in [2.75, 3.05) is 18.0 Å². The van der Waals surface area contributed by atoms with Crippen LogP contribution in [0.4, 0.5) is 5.69 Å². The minimum absolute atomic E-state index is 0.0776. The zero-order valence-corrected chi connectivity index (χ0v) is 12.1. The first-order valence-electron chi connectivity index (χ1n) is 6.53. The first-order valence-corrected chi connectivity index (χ1v) is 6.91. The number of nitrogens with zero attached hydrogens (tertiary/aromatic N) is 2. The van der Waals surface area contributed by atoms with Gasteiger partial charge in [-0.1, -0.05) is 30.6 Å². The Bertz CT molecular complexity index is 480. The van der Waals surface area contributed by atoms with Gasteiger partial charge in [0, 0.05) is 18.7 Å². The zero-order chi connectivity index (χ0) is 14.0. The van der Waals surface area contributed by atoms with Crippen LogP contribution in [0.15, 0.2) is 23.4 Å². The molecule has 1 fully saturated rings. The lowest BCUT2D eigenvalue weighted by molar-refractivity contribution is 0.318. The third kappa shape index (κ3) is 3.13. The highest BCUT2D eigenvalue weighted by molar-refractivity contribution is 6.33. The summed E-state index contributed by atoms with van der Waals surface area (Å²) in [5.74, 6) is 1.42. The van der Waals surface area contributed by atoms with E-state index in [-0.39, 0.29) is 5.84 Å². The molecule has 0 aromatic heterocycles. The Hall–Kier alpha value is -1.42. The first-order chi connectivity index (χ1) is 9.01. The van der Waals surface area contributed by atoms with Gasteiger partial charge in [0.25, 0.3) is 0 Å². The predicted octanol–water partition coefficient (Wildman–Crippen LogP) is 2.92. The summed E-state index contributed by atoms with van der Waals surface area (Å²) in [6.45, 7) is 6.57. The molecule has 0 aliphatic carbocycles. The summed E-state index contributed by atoms with van der Waals surface area (Å²) >= 11 is 6.33. The average molecular weight is 282 g/mol. The van der Waals surface area contributed by atoms with Crippen LogP contribution in [0.1, 0.15) is 25.8 Å². The highest BCUT2D eigenvalue weighted by Gasteiger charge is 2.23. The van der Waals surface area contributed by atoms with Crippen LogP contribution in [0, 0.1) is 11.8 Å². The minimum Gasteiger partial charge on any atom is -0.409 e. The van der Waals surface area contributed by atoms with E-state index >= 15 is 0 Å². The van der Waals surface area contributed by atoms with Crippen molar-refractivity contribution in [1.82, 2.24) is 0 Å². The Morgan fingerprint density at radius 2 is 2.00 bits per heavy atom. The average Bonchev–Trinajstić information content (AvgIpc) is 2.36. The number of benzene rings is 1. The fourth-order valence-electron chi connectivity index (χ4n) is 2.84. The third-order valence-corrected chi connectivity index (χ3v) is 3.86. The van der Waals surface area contributed by atoms with Crippen LogP contribution < -0.4 is 10.6 Å². The molecule has 1 saturated heterocycles. The lowest BCUT2D eigenvalue weighted by atomic mass is 9.91. The fraction of sp³-hybridized carbons (Fsp3) is 0.500. The van der Waals surface area contributed by atoms with Crippen molar-refractivity contribution in [1.29, 1.82) is 0 Å². The SMILES string of the molecule is CC1CC(C)CN(c2ccc(C(N)=NO)cc2Cl)C1. The normalized spacial score (nSPS) is 24.6. The van der Waals surface area contributed by atoms with E-state index in [0.29, 0.717) is 22.4 Å². The van der Waals surface area contributed by atoms with Crippen molar-refractivity contribution in [3.63, 3.8) is 0 Å². The Kier molecular flexibility index (Phi) is 4.20. The van der Waals surface area contributed by atoms with Crippen LogP contribution in [-0.2, 0) is 0 Å². The molecule has 5 heteroatoms. The zero-order valence-electron chi connectivity index (χ0n) is 11.3. The summed E-state index contributed by atoms with van der Waals surface area (Å²) < 4.78 is 0. The standard InChI is InChI=1S/C14H20ClN3O/c1-9-5-10(2)8-18(7-9)13-4-3-11(6-12(13)15)14(16)17-19/h3-4,6,9-10,19H,5,7-8H2,1-2H3,(H2,16,17). The number of anilines is 1. The number of piperidine rings is 1. The van der Waals surface area contributed by atoms with E-state index in [9.17, 15) is 0 Å². The molecule has 2 rings (SSSR count). The van der Waals surface area contributed by atoms with Crippen molar-refractivity contribution in [3.05, 3.63) is 28.8 Å². The molecule has 4 nitrogen and oxygen atoms in total. The summed E-state index contributed by atoms with van der Waals surface area (Å²) in [5.41, 5.74) is 7.22. The number of halogens is 1. The Morgan fingerprint density at radius 3 is 2.53 bits per heavy atom. The molecule has 1 aliphatic rings. The van der Waals surface area contributed by atoms with Gasteiger partial charge in [-0.25, -0.2) is 0 Å². The monoisotopic (exact) mass is 281 g/mol. The minimum atomic E-state index is 0.0776. The number of nitrogens with two attached hydrogens (primary N) is 1.